The molecule has 0 aromatic carbocycles. The molecule has 24 heavy (non-hydrogen) atoms. The third-order valence-electron chi connectivity index (χ3n) is 5.82. The number of ether oxygens (including phenoxy) is 2. The summed E-state index contributed by atoms with van der Waals surface area (Å²) in [6.45, 7) is 3.98. The molecule has 2 amide bonds. The number of nitrogens with zero attached hydrogens (tertiary/aromatic N) is 2. The normalized spacial score (nSPS) is 28.9. The monoisotopic (exact) mass is 336 g/mol. The lowest BCUT2D eigenvalue weighted by Gasteiger charge is -2.53. The quantitative estimate of drug-likeness (QED) is 0.757. The van der Waals surface area contributed by atoms with E-state index in [1.54, 1.807) is 0 Å². The maximum atomic E-state index is 12.1. The molecule has 3 heterocycles. The molecular formula is C18H28N2O4. The summed E-state index contributed by atoms with van der Waals surface area (Å²) in [6, 6.07) is 0. The Balaban J connectivity index is 1.21. The van der Waals surface area contributed by atoms with Crippen molar-refractivity contribution in [2.45, 2.75) is 56.7 Å². The second-order valence-corrected chi connectivity index (χ2v) is 7.94. The first-order valence-electron chi connectivity index (χ1n) is 9.45. The number of rotatable bonds is 5. The summed E-state index contributed by atoms with van der Waals surface area (Å²) in [5.74, 6) is 1.02. The fraction of sp³-hybridized carbons (Fsp3) is 0.889. The van der Waals surface area contributed by atoms with Crippen molar-refractivity contribution in [2.24, 2.45) is 5.92 Å². The Morgan fingerprint density at radius 3 is 2.50 bits per heavy atom. The van der Waals surface area contributed by atoms with Gasteiger partial charge in [-0.05, 0) is 38.0 Å². The molecule has 1 aliphatic carbocycles. The van der Waals surface area contributed by atoms with E-state index in [4.69, 9.17) is 9.47 Å². The first kappa shape index (κ1) is 16.3. The van der Waals surface area contributed by atoms with E-state index in [2.05, 4.69) is 0 Å². The van der Waals surface area contributed by atoms with E-state index in [1.165, 1.54) is 12.8 Å². The van der Waals surface area contributed by atoms with Gasteiger partial charge in [0.25, 0.3) is 0 Å². The topological polar surface area (TPSA) is 59.1 Å². The molecule has 4 aliphatic rings. The van der Waals surface area contributed by atoms with Gasteiger partial charge in [-0.15, -0.1) is 0 Å². The minimum absolute atomic E-state index is 0.0750. The highest BCUT2D eigenvalue weighted by Gasteiger charge is 2.50. The molecule has 0 radical (unpaired) electrons. The van der Waals surface area contributed by atoms with Crippen LogP contribution in [-0.4, -0.2) is 72.7 Å². The van der Waals surface area contributed by atoms with Crippen LogP contribution < -0.4 is 0 Å². The fourth-order valence-electron chi connectivity index (χ4n) is 4.12. The van der Waals surface area contributed by atoms with Crippen LogP contribution >= 0.6 is 0 Å². The van der Waals surface area contributed by atoms with Crippen molar-refractivity contribution in [1.82, 2.24) is 9.80 Å². The predicted octanol–water partition coefficient (Wildman–Crippen LogP) is 1.19. The molecule has 4 fully saturated rings. The van der Waals surface area contributed by atoms with Crippen LogP contribution in [0.5, 0.6) is 0 Å². The van der Waals surface area contributed by atoms with Crippen molar-refractivity contribution < 1.29 is 19.1 Å². The highest BCUT2D eigenvalue weighted by molar-refractivity contribution is 5.78. The Hall–Kier alpha value is -1.14. The van der Waals surface area contributed by atoms with Crippen molar-refractivity contribution in [2.75, 3.05) is 39.4 Å². The van der Waals surface area contributed by atoms with Crippen molar-refractivity contribution in [3.05, 3.63) is 0 Å². The van der Waals surface area contributed by atoms with Gasteiger partial charge < -0.3 is 19.3 Å². The lowest BCUT2D eigenvalue weighted by atomic mass is 9.84. The Bertz CT molecular complexity index is 493. The van der Waals surface area contributed by atoms with Crippen LogP contribution in [0, 0.1) is 5.92 Å². The van der Waals surface area contributed by atoms with Crippen molar-refractivity contribution in [1.29, 1.82) is 0 Å². The molecule has 4 rings (SSSR count). The highest BCUT2D eigenvalue weighted by Crippen LogP contribution is 2.38. The van der Waals surface area contributed by atoms with E-state index < -0.39 is 0 Å². The van der Waals surface area contributed by atoms with Crippen LogP contribution in [0.15, 0.2) is 0 Å². The lowest BCUT2D eigenvalue weighted by Crippen LogP contribution is -2.67. The summed E-state index contributed by atoms with van der Waals surface area (Å²) < 4.78 is 11.9. The second-order valence-electron chi connectivity index (χ2n) is 7.94. The van der Waals surface area contributed by atoms with E-state index in [0.29, 0.717) is 32.0 Å². The summed E-state index contributed by atoms with van der Waals surface area (Å²) >= 11 is 0. The molecular weight excluding hydrogens is 308 g/mol. The van der Waals surface area contributed by atoms with Crippen LogP contribution in [0.4, 0.5) is 0 Å². The molecule has 6 heteroatoms. The van der Waals surface area contributed by atoms with Crippen LogP contribution in [0.25, 0.3) is 0 Å². The van der Waals surface area contributed by atoms with Crippen LogP contribution in [0.2, 0.25) is 0 Å². The van der Waals surface area contributed by atoms with Gasteiger partial charge in [0.15, 0.2) is 0 Å². The third kappa shape index (κ3) is 3.59. The SMILES string of the molecule is O=C(COC1CCOC2(C1)CN(C(=O)CC1CC1)C2)N1CCCC1. The Morgan fingerprint density at radius 2 is 1.79 bits per heavy atom. The zero-order valence-corrected chi connectivity index (χ0v) is 14.4. The number of amides is 2. The number of hydrogen-bond donors (Lipinski definition) is 0. The standard InChI is InChI=1S/C18H28N2O4/c21-16(9-14-3-4-14)20-12-18(13-20)10-15(5-8-24-18)23-11-17(22)19-6-1-2-7-19/h14-15H,1-13H2. The summed E-state index contributed by atoms with van der Waals surface area (Å²) in [5, 5.41) is 0. The van der Waals surface area contributed by atoms with Crippen LogP contribution in [0.1, 0.15) is 44.9 Å². The number of carbonyl (C=O) groups is 2. The minimum Gasteiger partial charge on any atom is -0.371 e. The van der Waals surface area contributed by atoms with Gasteiger partial charge in [0.05, 0.1) is 19.2 Å². The van der Waals surface area contributed by atoms with Crippen molar-refractivity contribution in [3.63, 3.8) is 0 Å². The molecule has 1 atom stereocenters. The van der Waals surface area contributed by atoms with Gasteiger partial charge in [-0.3, -0.25) is 9.59 Å². The molecule has 0 bridgehead atoms. The highest BCUT2D eigenvalue weighted by atomic mass is 16.5. The lowest BCUT2D eigenvalue weighted by molar-refractivity contribution is -0.202. The van der Waals surface area contributed by atoms with Gasteiger partial charge in [0, 0.05) is 32.5 Å². The minimum atomic E-state index is -0.223. The molecule has 1 spiro atoms. The summed E-state index contributed by atoms with van der Waals surface area (Å²) in [5.41, 5.74) is -0.223. The molecule has 3 aliphatic heterocycles. The molecule has 0 N–H and O–H groups in total. The predicted molar refractivity (Wildman–Crippen MR) is 87.4 cm³/mol. The second kappa shape index (κ2) is 6.64. The van der Waals surface area contributed by atoms with Crippen molar-refractivity contribution >= 4 is 11.8 Å². The van der Waals surface area contributed by atoms with Gasteiger partial charge in [-0.2, -0.15) is 0 Å². The molecule has 1 unspecified atom stereocenters. The van der Waals surface area contributed by atoms with E-state index in [0.717, 1.165) is 38.8 Å². The average Bonchev–Trinajstić information content (AvgIpc) is 3.19. The Labute approximate surface area is 143 Å². The Kier molecular flexibility index (Phi) is 4.52. The van der Waals surface area contributed by atoms with E-state index in [-0.39, 0.29) is 30.1 Å². The largest absolute Gasteiger partial charge is 0.371 e. The van der Waals surface area contributed by atoms with E-state index >= 15 is 0 Å². The fourth-order valence-corrected chi connectivity index (χ4v) is 4.12. The number of likely N-dealkylation sites (tertiary alicyclic amines) is 2. The molecule has 1 saturated carbocycles. The van der Waals surface area contributed by atoms with Crippen LogP contribution in [0.3, 0.4) is 0 Å². The van der Waals surface area contributed by atoms with Gasteiger partial charge in [-0.1, -0.05) is 0 Å². The first-order chi connectivity index (χ1) is 11.6. The van der Waals surface area contributed by atoms with Gasteiger partial charge in [0.1, 0.15) is 12.2 Å². The summed E-state index contributed by atoms with van der Waals surface area (Å²) in [7, 11) is 0. The maximum Gasteiger partial charge on any atom is 0.248 e. The number of carbonyl (C=O) groups excluding carboxylic acids is 2. The van der Waals surface area contributed by atoms with Gasteiger partial charge in [0.2, 0.25) is 11.8 Å². The molecule has 3 saturated heterocycles. The smallest absolute Gasteiger partial charge is 0.248 e. The number of hydrogen-bond acceptors (Lipinski definition) is 4. The van der Waals surface area contributed by atoms with Gasteiger partial charge >= 0.3 is 0 Å². The Morgan fingerprint density at radius 1 is 1.04 bits per heavy atom. The van der Waals surface area contributed by atoms with Gasteiger partial charge in [-0.25, -0.2) is 0 Å². The maximum absolute atomic E-state index is 12.1. The molecule has 0 aromatic heterocycles. The van der Waals surface area contributed by atoms with E-state index in [9.17, 15) is 9.59 Å². The zero-order valence-electron chi connectivity index (χ0n) is 14.4. The van der Waals surface area contributed by atoms with Crippen LogP contribution in [-0.2, 0) is 19.1 Å². The summed E-state index contributed by atoms with van der Waals surface area (Å²) in [6.07, 6.45) is 7.06. The van der Waals surface area contributed by atoms with Crippen molar-refractivity contribution in [3.8, 4) is 0 Å². The molecule has 134 valence electrons. The molecule has 0 aromatic rings. The summed E-state index contributed by atoms with van der Waals surface area (Å²) in [4.78, 5) is 28.1. The zero-order chi connectivity index (χ0) is 16.6. The van der Waals surface area contributed by atoms with E-state index in [1.807, 2.05) is 9.80 Å². The third-order valence-corrected chi connectivity index (χ3v) is 5.82. The molecule has 6 nitrogen and oxygen atoms in total. The first-order valence-corrected chi connectivity index (χ1v) is 9.45. The average molecular weight is 336 g/mol.